The molecule has 5 rings (SSSR count). The lowest BCUT2D eigenvalue weighted by molar-refractivity contribution is 0.883. The Kier molecular flexibility index (Phi) is 3.66. The van der Waals surface area contributed by atoms with Gasteiger partial charge >= 0.3 is 0 Å². The van der Waals surface area contributed by atoms with Crippen LogP contribution in [0.5, 0.6) is 0 Å². The molecule has 4 aromatic rings. The van der Waals surface area contributed by atoms with Crippen molar-refractivity contribution in [2.24, 2.45) is 0 Å². The molecule has 1 aromatic heterocycles. The van der Waals surface area contributed by atoms with E-state index in [1.165, 1.54) is 16.3 Å². The van der Waals surface area contributed by atoms with E-state index in [9.17, 15) is 0 Å². The second-order valence-electron chi connectivity index (χ2n) is 6.42. The zero-order valence-electron chi connectivity index (χ0n) is 13.8. The van der Waals surface area contributed by atoms with E-state index >= 15 is 0 Å². The summed E-state index contributed by atoms with van der Waals surface area (Å²) in [5, 5.41) is 12.0. The molecule has 0 amide bonds. The molecule has 5 heteroatoms. The number of halogens is 2. The molecular weight excluding hydrogens is 365 g/mol. The van der Waals surface area contributed by atoms with Gasteiger partial charge in [-0.2, -0.15) is 5.10 Å². The van der Waals surface area contributed by atoms with E-state index < -0.39 is 0 Å². The molecule has 0 atom stereocenters. The second-order valence-corrected chi connectivity index (χ2v) is 7.29. The highest BCUT2D eigenvalue weighted by Gasteiger charge is 2.25. The monoisotopic (exact) mass is 379 g/mol. The Bertz CT molecular complexity index is 1120. The summed E-state index contributed by atoms with van der Waals surface area (Å²) in [6.45, 7) is 0.902. The molecule has 2 heterocycles. The molecule has 1 aliphatic heterocycles. The van der Waals surface area contributed by atoms with Crippen molar-refractivity contribution in [2.75, 3.05) is 11.9 Å². The van der Waals surface area contributed by atoms with Crippen LogP contribution in [0.25, 0.3) is 27.7 Å². The highest BCUT2D eigenvalue weighted by molar-refractivity contribution is 6.34. The van der Waals surface area contributed by atoms with E-state index in [-0.39, 0.29) is 0 Å². The number of anilines is 1. The Labute approximate surface area is 161 Å². The van der Waals surface area contributed by atoms with Crippen molar-refractivity contribution < 1.29 is 0 Å². The first-order valence-corrected chi connectivity index (χ1v) is 9.27. The van der Waals surface area contributed by atoms with Crippen molar-refractivity contribution in [3.63, 3.8) is 0 Å². The fourth-order valence-corrected chi connectivity index (χ4v) is 4.19. The number of benzene rings is 3. The lowest BCUT2D eigenvalue weighted by Gasteiger charge is -2.08. The molecule has 0 unspecified atom stereocenters. The van der Waals surface area contributed by atoms with E-state index in [4.69, 9.17) is 28.3 Å². The molecule has 3 nitrogen and oxygen atoms in total. The Morgan fingerprint density at radius 3 is 2.54 bits per heavy atom. The number of rotatable bonds is 2. The van der Waals surface area contributed by atoms with Crippen LogP contribution in [0.4, 0.5) is 5.82 Å². The quantitative estimate of drug-likeness (QED) is 0.465. The molecule has 0 radical (unpaired) electrons. The van der Waals surface area contributed by atoms with Crippen LogP contribution in [0.15, 0.2) is 60.7 Å². The fourth-order valence-electron chi connectivity index (χ4n) is 3.67. The molecule has 1 aliphatic rings. The lowest BCUT2D eigenvalue weighted by atomic mass is 9.99. The number of aromatic nitrogens is 2. The van der Waals surface area contributed by atoms with Gasteiger partial charge in [0.1, 0.15) is 5.82 Å². The van der Waals surface area contributed by atoms with Crippen molar-refractivity contribution in [3.05, 3.63) is 76.3 Å². The van der Waals surface area contributed by atoms with Gasteiger partial charge < -0.3 is 5.32 Å². The van der Waals surface area contributed by atoms with Crippen molar-refractivity contribution in [1.29, 1.82) is 0 Å². The summed E-state index contributed by atoms with van der Waals surface area (Å²) in [4.78, 5) is 0. The van der Waals surface area contributed by atoms with E-state index in [0.717, 1.165) is 35.7 Å². The summed E-state index contributed by atoms with van der Waals surface area (Å²) in [5.74, 6) is 1.02. The molecule has 0 spiro atoms. The van der Waals surface area contributed by atoms with Crippen LogP contribution in [0.2, 0.25) is 10.0 Å². The maximum atomic E-state index is 6.21. The minimum absolute atomic E-state index is 0.599. The van der Waals surface area contributed by atoms with Crippen molar-refractivity contribution in [2.45, 2.75) is 6.42 Å². The highest BCUT2D eigenvalue weighted by atomic mass is 35.5. The topological polar surface area (TPSA) is 29.9 Å². The minimum Gasteiger partial charge on any atom is -0.369 e. The van der Waals surface area contributed by atoms with E-state index in [2.05, 4.69) is 47.8 Å². The van der Waals surface area contributed by atoms with Gasteiger partial charge in [-0.25, -0.2) is 4.68 Å². The first-order chi connectivity index (χ1) is 12.7. The molecule has 0 saturated carbocycles. The standard InChI is InChI=1S/C21H15Cl2N3/c22-14-10-15(23)12-16(11-14)26-21-19(8-9-24-21)20(25-26)18-7-3-5-13-4-1-2-6-17(13)18/h1-7,10-12,24H,8-9H2. The van der Waals surface area contributed by atoms with Gasteiger partial charge in [-0.15, -0.1) is 0 Å². The second kappa shape index (κ2) is 6.04. The Morgan fingerprint density at radius 1 is 0.923 bits per heavy atom. The van der Waals surface area contributed by atoms with Crippen LogP contribution in [-0.2, 0) is 6.42 Å². The molecule has 128 valence electrons. The van der Waals surface area contributed by atoms with Crippen molar-refractivity contribution in [3.8, 4) is 16.9 Å². The maximum Gasteiger partial charge on any atom is 0.133 e. The van der Waals surface area contributed by atoms with Crippen LogP contribution in [0, 0.1) is 0 Å². The number of nitrogens with zero attached hydrogens (tertiary/aromatic N) is 2. The van der Waals surface area contributed by atoms with Gasteiger partial charge in [0.25, 0.3) is 0 Å². The average Bonchev–Trinajstić information content (AvgIpc) is 3.23. The fraction of sp³-hybridized carbons (Fsp3) is 0.0952. The average molecular weight is 380 g/mol. The lowest BCUT2D eigenvalue weighted by Crippen LogP contribution is -2.04. The summed E-state index contributed by atoms with van der Waals surface area (Å²) < 4.78 is 1.91. The molecular formula is C21H15Cl2N3. The molecule has 0 fully saturated rings. The number of hydrogen-bond donors (Lipinski definition) is 1. The smallest absolute Gasteiger partial charge is 0.133 e. The third-order valence-electron chi connectivity index (χ3n) is 4.79. The molecule has 3 aromatic carbocycles. The van der Waals surface area contributed by atoms with Gasteiger partial charge in [0.15, 0.2) is 0 Å². The third-order valence-corrected chi connectivity index (χ3v) is 5.22. The summed E-state index contributed by atoms with van der Waals surface area (Å²) in [5.41, 5.74) is 4.25. The zero-order valence-corrected chi connectivity index (χ0v) is 15.3. The van der Waals surface area contributed by atoms with Gasteiger partial charge in [0, 0.05) is 27.7 Å². The molecule has 0 aliphatic carbocycles. The van der Waals surface area contributed by atoms with Gasteiger partial charge in [0.05, 0.1) is 11.4 Å². The van der Waals surface area contributed by atoms with Gasteiger partial charge in [-0.05, 0) is 35.4 Å². The van der Waals surface area contributed by atoms with Crippen LogP contribution >= 0.6 is 23.2 Å². The summed E-state index contributed by atoms with van der Waals surface area (Å²) in [6, 6.07) is 20.3. The predicted octanol–water partition coefficient (Wildman–Crippen LogP) is 5.97. The number of fused-ring (bicyclic) bond motifs is 2. The van der Waals surface area contributed by atoms with Crippen LogP contribution in [-0.4, -0.2) is 16.3 Å². The zero-order chi connectivity index (χ0) is 17.7. The maximum absolute atomic E-state index is 6.21. The molecule has 1 N–H and O–H groups in total. The first kappa shape index (κ1) is 15.7. The van der Waals surface area contributed by atoms with E-state index in [0.29, 0.717) is 10.0 Å². The molecule has 0 bridgehead atoms. The van der Waals surface area contributed by atoms with E-state index in [1.54, 1.807) is 6.07 Å². The van der Waals surface area contributed by atoms with Gasteiger partial charge in [-0.1, -0.05) is 65.7 Å². The summed E-state index contributed by atoms with van der Waals surface area (Å²) in [6.07, 6.45) is 0.947. The Morgan fingerprint density at radius 2 is 1.69 bits per heavy atom. The summed E-state index contributed by atoms with van der Waals surface area (Å²) >= 11 is 12.4. The number of hydrogen-bond acceptors (Lipinski definition) is 2. The molecule has 0 saturated heterocycles. The van der Waals surface area contributed by atoms with Crippen LogP contribution < -0.4 is 5.32 Å². The molecule has 26 heavy (non-hydrogen) atoms. The van der Waals surface area contributed by atoms with Crippen molar-refractivity contribution >= 4 is 39.8 Å². The largest absolute Gasteiger partial charge is 0.369 e. The highest BCUT2D eigenvalue weighted by Crippen LogP contribution is 2.38. The normalized spacial score (nSPS) is 13.0. The number of nitrogens with one attached hydrogen (secondary N) is 1. The van der Waals surface area contributed by atoms with Crippen LogP contribution in [0.3, 0.4) is 0 Å². The SMILES string of the molecule is Clc1cc(Cl)cc(-n2nc(-c3cccc4ccccc34)c3c2NCC3)c1. The van der Waals surface area contributed by atoms with E-state index in [1.807, 2.05) is 16.8 Å². The van der Waals surface area contributed by atoms with Crippen LogP contribution in [0.1, 0.15) is 5.56 Å². The minimum atomic E-state index is 0.599. The predicted molar refractivity (Wildman–Crippen MR) is 109 cm³/mol. The Hall–Kier alpha value is -2.49. The van der Waals surface area contributed by atoms with Gasteiger partial charge in [-0.3, -0.25) is 0 Å². The third kappa shape index (κ3) is 2.47. The van der Waals surface area contributed by atoms with Crippen molar-refractivity contribution in [1.82, 2.24) is 9.78 Å². The first-order valence-electron chi connectivity index (χ1n) is 8.51. The summed E-state index contributed by atoms with van der Waals surface area (Å²) in [7, 11) is 0. The Balaban J connectivity index is 1.77. The van der Waals surface area contributed by atoms with Gasteiger partial charge in [0.2, 0.25) is 0 Å².